The first-order valence-corrected chi connectivity index (χ1v) is 7.20. The third-order valence-electron chi connectivity index (χ3n) is 3.19. The maximum Gasteiger partial charge on any atom is 0.222 e. The number of aryl methyl sites for hydroxylation is 1. The molecule has 0 saturated heterocycles. The zero-order valence-corrected chi connectivity index (χ0v) is 12.2. The van der Waals surface area contributed by atoms with Crippen LogP contribution in [0.5, 0.6) is 0 Å². The molecule has 0 unspecified atom stereocenters. The maximum absolute atomic E-state index is 12.2. The molecule has 0 aliphatic carbocycles. The van der Waals surface area contributed by atoms with Gasteiger partial charge in [0, 0.05) is 19.5 Å². The van der Waals surface area contributed by atoms with Crippen molar-refractivity contribution in [3.8, 4) is 0 Å². The number of nitrogens with zero attached hydrogens (tertiary/aromatic N) is 1. The topological polar surface area (TPSA) is 46.3 Å². The van der Waals surface area contributed by atoms with Crippen molar-refractivity contribution in [1.29, 1.82) is 0 Å². The van der Waals surface area contributed by atoms with Crippen LogP contribution in [0.2, 0.25) is 0 Å². The van der Waals surface area contributed by atoms with Crippen LogP contribution in [0.15, 0.2) is 24.3 Å². The number of rotatable bonds is 8. The lowest BCUT2D eigenvalue weighted by Gasteiger charge is -2.22. The van der Waals surface area contributed by atoms with Crippen LogP contribution in [0.1, 0.15) is 43.7 Å². The number of hydrogen-bond acceptors (Lipinski definition) is 2. The Bertz CT molecular complexity index is 373. The Balaban J connectivity index is 2.56. The van der Waals surface area contributed by atoms with Crippen LogP contribution in [-0.4, -0.2) is 23.9 Å². The summed E-state index contributed by atoms with van der Waals surface area (Å²) in [7, 11) is 0. The van der Waals surface area contributed by atoms with Gasteiger partial charge in [0.15, 0.2) is 0 Å². The van der Waals surface area contributed by atoms with E-state index in [1.165, 1.54) is 11.1 Å². The van der Waals surface area contributed by atoms with Crippen molar-refractivity contribution in [1.82, 2.24) is 4.90 Å². The summed E-state index contributed by atoms with van der Waals surface area (Å²) >= 11 is 0. The molecule has 0 radical (unpaired) electrons. The molecule has 0 heterocycles. The molecule has 0 aliphatic rings. The van der Waals surface area contributed by atoms with Crippen molar-refractivity contribution in [2.75, 3.05) is 13.1 Å². The molecule has 0 aromatic heterocycles. The third kappa shape index (κ3) is 5.88. The van der Waals surface area contributed by atoms with Gasteiger partial charge in [-0.2, -0.15) is 0 Å². The van der Waals surface area contributed by atoms with E-state index in [2.05, 4.69) is 38.1 Å². The van der Waals surface area contributed by atoms with Gasteiger partial charge < -0.3 is 10.6 Å². The SMILES string of the molecule is CCCN(Cc1ccc(C)cc1)C(=O)CCCCN. The number of nitrogens with two attached hydrogens (primary N) is 1. The molecule has 0 fully saturated rings. The van der Waals surface area contributed by atoms with E-state index in [0.717, 1.165) is 32.4 Å². The summed E-state index contributed by atoms with van der Waals surface area (Å²) in [5.41, 5.74) is 7.91. The number of amides is 1. The van der Waals surface area contributed by atoms with E-state index in [0.29, 0.717) is 13.0 Å². The van der Waals surface area contributed by atoms with E-state index in [-0.39, 0.29) is 5.91 Å². The molecule has 1 amide bonds. The van der Waals surface area contributed by atoms with Gasteiger partial charge in [0.05, 0.1) is 0 Å². The number of carbonyl (C=O) groups is 1. The van der Waals surface area contributed by atoms with Crippen LogP contribution in [0.25, 0.3) is 0 Å². The zero-order valence-electron chi connectivity index (χ0n) is 12.2. The molecule has 0 spiro atoms. The number of carbonyl (C=O) groups excluding carboxylic acids is 1. The van der Waals surface area contributed by atoms with E-state index in [1.807, 2.05) is 4.90 Å². The van der Waals surface area contributed by atoms with Gasteiger partial charge >= 0.3 is 0 Å². The van der Waals surface area contributed by atoms with Gasteiger partial charge in [0.25, 0.3) is 0 Å². The lowest BCUT2D eigenvalue weighted by molar-refractivity contribution is -0.132. The van der Waals surface area contributed by atoms with Crippen LogP contribution in [0.3, 0.4) is 0 Å². The average molecular weight is 262 g/mol. The summed E-state index contributed by atoms with van der Waals surface area (Å²) in [5, 5.41) is 0. The van der Waals surface area contributed by atoms with Crippen LogP contribution in [0, 0.1) is 6.92 Å². The van der Waals surface area contributed by atoms with Gasteiger partial charge in [-0.1, -0.05) is 36.8 Å². The first-order chi connectivity index (χ1) is 9.17. The van der Waals surface area contributed by atoms with Crippen LogP contribution >= 0.6 is 0 Å². The molecule has 1 aromatic carbocycles. The molecule has 0 atom stereocenters. The van der Waals surface area contributed by atoms with Crippen LogP contribution in [0.4, 0.5) is 0 Å². The minimum atomic E-state index is 0.246. The van der Waals surface area contributed by atoms with E-state index in [1.54, 1.807) is 0 Å². The first kappa shape index (κ1) is 15.7. The Morgan fingerprint density at radius 3 is 2.47 bits per heavy atom. The maximum atomic E-state index is 12.2. The minimum Gasteiger partial charge on any atom is -0.338 e. The second-order valence-electron chi connectivity index (χ2n) is 5.05. The fraction of sp³-hybridized carbons (Fsp3) is 0.562. The van der Waals surface area contributed by atoms with E-state index >= 15 is 0 Å². The highest BCUT2D eigenvalue weighted by Crippen LogP contribution is 2.10. The molecule has 19 heavy (non-hydrogen) atoms. The summed E-state index contributed by atoms with van der Waals surface area (Å²) in [5.74, 6) is 0.246. The average Bonchev–Trinajstić information content (AvgIpc) is 2.41. The Hall–Kier alpha value is -1.35. The largest absolute Gasteiger partial charge is 0.338 e. The number of unbranched alkanes of at least 4 members (excludes halogenated alkanes) is 1. The van der Waals surface area contributed by atoms with E-state index in [9.17, 15) is 4.79 Å². The van der Waals surface area contributed by atoms with Gasteiger partial charge in [-0.25, -0.2) is 0 Å². The van der Waals surface area contributed by atoms with E-state index in [4.69, 9.17) is 5.73 Å². The normalized spacial score (nSPS) is 10.5. The summed E-state index contributed by atoms with van der Waals surface area (Å²) in [6.45, 7) is 6.39. The van der Waals surface area contributed by atoms with Crippen molar-refractivity contribution in [2.24, 2.45) is 5.73 Å². The van der Waals surface area contributed by atoms with Crippen molar-refractivity contribution >= 4 is 5.91 Å². The second-order valence-corrected chi connectivity index (χ2v) is 5.05. The first-order valence-electron chi connectivity index (χ1n) is 7.20. The smallest absolute Gasteiger partial charge is 0.222 e. The van der Waals surface area contributed by atoms with Crippen molar-refractivity contribution in [3.63, 3.8) is 0 Å². The predicted molar refractivity (Wildman–Crippen MR) is 79.8 cm³/mol. The summed E-state index contributed by atoms with van der Waals surface area (Å²) in [4.78, 5) is 14.1. The number of benzene rings is 1. The highest BCUT2D eigenvalue weighted by Gasteiger charge is 2.12. The van der Waals surface area contributed by atoms with Gasteiger partial charge in [-0.05, 0) is 38.3 Å². The molecule has 0 saturated carbocycles. The van der Waals surface area contributed by atoms with Crippen molar-refractivity contribution in [3.05, 3.63) is 35.4 Å². The highest BCUT2D eigenvalue weighted by molar-refractivity contribution is 5.76. The molecule has 1 aromatic rings. The molecule has 106 valence electrons. The molecule has 3 heteroatoms. The fourth-order valence-corrected chi connectivity index (χ4v) is 2.05. The molecule has 0 bridgehead atoms. The lowest BCUT2D eigenvalue weighted by Crippen LogP contribution is -2.31. The van der Waals surface area contributed by atoms with Crippen LogP contribution < -0.4 is 5.73 Å². The molecular weight excluding hydrogens is 236 g/mol. The van der Waals surface area contributed by atoms with Crippen LogP contribution in [-0.2, 0) is 11.3 Å². The molecular formula is C16H26N2O. The molecule has 0 aliphatic heterocycles. The molecule has 2 N–H and O–H groups in total. The van der Waals surface area contributed by atoms with Crippen molar-refractivity contribution < 1.29 is 4.79 Å². The van der Waals surface area contributed by atoms with Gasteiger partial charge in [0.2, 0.25) is 5.91 Å². The zero-order chi connectivity index (χ0) is 14.1. The second kappa shape index (κ2) is 8.70. The van der Waals surface area contributed by atoms with E-state index < -0.39 is 0 Å². The number of hydrogen-bond donors (Lipinski definition) is 1. The molecule has 3 nitrogen and oxygen atoms in total. The van der Waals surface area contributed by atoms with Gasteiger partial charge in [0.1, 0.15) is 0 Å². The van der Waals surface area contributed by atoms with Crippen molar-refractivity contribution in [2.45, 2.75) is 46.1 Å². The Morgan fingerprint density at radius 1 is 1.21 bits per heavy atom. The summed E-state index contributed by atoms with van der Waals surface area (Å²) < 4.78 is 0. The summed E-state index contributed by atoms with van der Waals surface area (Å²) in [6, 6.07) is 8.40. The summed E-state index contributed by atoms with van der Waals surface area (Å²) in [6.07, 6.45) is 3.43. The highest BCUT2D eigenvalue weighted by atomic mass is 16.2. The van der Waals surface area contributed by atoms with Gasteiger partial charge in [-0.3, -0.25) is 4.79 Å². The van der Waals surface area contributed by atoms with Gasteiger partial charge in [-0.15, -0.1) is 0 Å². The lowest BCUT2D eigenvalue weighted by atomic mass is 10.1. The Kier molecular flexibility index (Phi) is 7.19. The standard InChI is InChI=1S/C16H26N2O/c1-3-12-18(16(19)6-4-5-11-17)13-15-9-7-14(2)8-10-15/h7-10H,3-6,11-13,17H2,1-2H3. The third-order valence-corrected chi connectivity index (χ3v) is 3.19. The Morgan fingerprint density at radius 2 is 1.89 bits per heavy atom. The minimum absolute atomic E-state index is 0.246. The Labute approximate surface area is 116 Å². The quantitative estimate of drug-likeness (QED) is 0.732. The fourth-order valence-electron chi connectivity index (χ4n) is 2.05. The predicted octanol–water partition coefficient (Wildman–Crippen LogP) is 2.86. The monoisotopic (exact) mass is 262 g/mol. The molecule has 1 rings (SSSR count).